The normalized spacial score (nSPS) is 11.5. The Morgan fingerprint density at radius 3 is 2.52 bits per heavy atom. The third kappa shape index (κ3) is 7.09. The minimum absolute atomic E-state index is 0.0322. The fourth-order valence-electron chi connectivity index (χ4n) is 1.62. The number of rotatable bonds is 4. The molecule has 0 saturated heterocycles. The van der Waals surface area contributed by atoms with Crippen LogP contribution < -0.4 is 10.6 Å². The summed E-state index contributed by atoms with van der Waals surface area (Å²) in [5.74, 6) is -0.507. The van der Waals surface area contributed by atoms with Crippen LogP contribution in [0.4, 0.5) is 0 Å². The second-order valence-electron chi connectivity index (χ2n) is 5.87. The first kappa shape index (κ1) is 17.4. The molecule has 4 nitrogen and oxygen atoms in total. The molecule has 0 aliphatic carbocycles. The minimum atomic E-state index is -0.301. The van der Waals surface area contributed by atoms with Crippen LogP contribution in [0.1, 0.15) is 31.9 Å². The molecule has 1 aromatic rings. The molecule has 0 atom stereocenters. The number of aryl methyl sites for hydroxylation is 1. The van der Waals surface area contributed by atoms with Crippen LogP contribution in [-0.2, 0) is 9.59 Å². The molecule has 0 fully saturated rings. The molecule has 114 valence electrons. The first-order valence-electron chi connectivity index (χ1n) is 6.70. The van der Waals surface area contributed by atoms with E-state index in [9.17, 15) is 9.59 Å². The predicted octanol–water partition coefficient (Wildman–Crippen LogP) is 2.80. The van der Waals surface area contributed by atoms with Crippen LogP contribution in [-0.4, -0.2) is 23.9 Å². The molecule has 1 aromatic carbocycles. The van der Waals surface area contributed by atoms with Gasteiger partial charge in [0.2, 0.25) is 11.8 Å². The van der Waals surface area contributed by atoms with Gasteiger partial charge in [-0.2, -0.15) is 0 Å². The molecule has 2 N–H and O–H groups in total. The van der Waals surface area contributed by atoms with Gasteiger partial charge < -0.3 is 10.6 Å². The standard InChI is InChI=1S/C16H21BrN2O2/c1-11-5-6-12(13(17)9-11)7-8-14(20)18-10-15(21)19-16(2,3)4/h5-9H,10H2,1-4H3,(H,18,20)(H,19,21)/b8-7+. The number of amides is 2. The molecule has 0 aliphatic heterocycles. The summed E-state index contributed by atoms with van der Waals surface area (Å²) in [6, 6.07) is 5.88. The minimum Gasteiger partial charge on any atom is -0.350 e. The van der Waals surface area contributed by atoms with Crippen LogP contribution in [0.2, 0.25) is 0 Å². The number of nitrogens with one attached hydrogen (secondary N) is 2. The van der Waals surface area contributed by atoms with Crippen molar-refractivity contribution in [2.75, 3.05) is 6.54 Å². The van der Waals surface area contributed by atoms with Crippen molar-refractivity contribution in [1.29, 1.82) is 0 Å². The van der Waals surface area contributed by atoms with Gasteiger partial charge in [0.1, 0.15) is 0 Å². The van der Waals surface area contributed by atoms with Crippen molar-refractivity contribution in [2.24, 2.45) is 0 Å². The van der Waals surface area contributed by atoms with E-state index in [1.807, 2.05) is 45.9 Å². The summed E-state index contributed by atoms with van der Waals surface area (Å²) in [6.07, 6.45) is 3.13. The molecule has 1 rings (SSSR count). The first-order chi connectivity index (χ1) is 9.67. The smallest absolute Gasteiger partial charge is 0.244 e. The quantitative estimate of drug-likeness (QED) is 0.818. The average molecular weight is 353 g/mol. The monoisotopic (exact) mass is 352 g/mol. The molecule has 5 heteroatoms. The third-order valence-electron chi connectivity index (χ3n) is 2.51. The number of hydrogen-bond donors (Lipinski definition) is 2. The molecule has 0 aliphatic rings. The Kier molecular flexibility index (Phi) is 6.15. The number of carbonyl (C=O) groups excluding carboxylic acids is 2. The molecular weight excluding hydrogens is 332 g/mol. The zero-order valence-corrected chi connectivity index (χ0v) is 14.4. The van der Waals surface area contributed by atoms with E-state index in [4.69, 9.17) is 0 Å². The Balaban J connectivity index is 2.50. The number of halogens is 1. The summed E-state index contributed by atoms with van der Waals surface area (Å²) in [5.41, 5.74) is 1.75. The van der Waals surface area contributed by atoms with Gasteiger partial charge in [-0.25, -0.2) is 0 Å². The van der Waals surface area contributed by atoms with Crippen molar-refractivity contribution in [1.82, 2.24) is 10.6 Å². The van der Waals surface area contributed by atoms with Gasteiger partial charge >= 0.3 is 0 Å². The van der Waals surface area contributed by atoms with Gasteiger partial charge in [0, 0.05) is 16.1 Å². The van der Waals surface area contributed by atoms with E-state index in [-0.39, 0.29) is 23.9 Å². The summed E-state index contributed by atoms with van der Waals surface area (Å²) >= 11 is 3.45. The van der Waals surface area contributed by atoms with Crippen LogP contribution in [0.5, 0.6) is 0 Å². The van der Waals surface area contributed by atoms with E-state index in [1.165, 1.54) is 6.08 Å². The third-order valence-corrected chi connectivity index (χ3v) is 3.19. The van der Waals surface area contributed by atoms with Gasteiger partial charge in [0.25, 0.3) is 0 Å². The predicted molar refractivity (Wildman–Crippen MR) is 88.8 cm³/mol. The van der Waals surface area contributed by atoms with Crippen molar-refractivity contribution in [3.05, 3.63) is 39.9 Å². The van der Waals surface area contributed by atoms with Crippen molar-refractivity contribution in [3.63, 3.8) is 0 Å². The molecule has 21 heavy (non-hydrogen) atoms. The van der Waals surface area contributed by atoms with Crippen LogP contribution >= 0.6 is 15.9 Å². The Morgan fingerprint density at radius 2 is 1.95 bits per heavy atom. The average Bonchev–Trinajstić information content (AvgIpc) is 2.33. The SMILES string of the molecule is Cc1ccc(/C=C/C(=O)NCC(=O)NC(C)(C)C)c(Br)c1. The summed E-state index contributed by atoms with van der Waals surface area (Å²) < 4.78 is 0.928. The number of hydrogen-bond acceptors (Lipinski definition) is 2. The molecule has 0 unspecified atom stereocenters. The summed E-state index contributed by atoms with van der Waals surface area (Å²) in [6.45, 7) is 7.64. The molecule has 0 spiro atoms. The molecule has 0 bridgehead atoms. The lowest BCUT2D eigenvalue weighted by Gasteiger charge is -2.20. The van der Waals surface area contributed by atoms with Crippen molar-refractivity contribution < 1.29 is 9.59 Å². The maximum Gasteiger partial charge on any atom is 0.244 e. The summed E-state index contributed by atoms with van der Waals surface area (Å²) in [5, 5.41) is 5.33. The fraction of sp³-hybridized carbons (Fsp3) is 0.375. The van der Waals surface area contributed by atoms with Crippen LogP contribution in [0.15, 0.2) is 28.7 Å². The van der Waals surface area contributed by atoms with Crippen molar-refractivity contribution in [3.8, 4) is 0 Å². The van der Waals surface area contributed by atoms with Crippen molar-refractivity contribution >= 4 is 33.8 Å². The molecule has 0 heterocycles. The van der Waals surface area contributed by atoms with Crippen molar-refractivity contribution in [2.45, 2.75) is 33.2 Å². The van der Waals surface area contributed by atoms with Gasteiger partial charge in [0.15, 0.2) is 0 Å². The fourth-order valence-corrected chi connectivity index (χ4v) is 2.25. The van der Waals surface area contributed by atoms with E-state index in [0.29, 0.717) is 0 Å². The van der Waals surface area contributed by atoms with Gasteiger partial charge in [-0.1, -0.05) is 28.1 Å². The van der Waals surface area contributed by atoms with Crippen LogP contribution in [0, 0.1) is 6.92 Å². The lowest BCUT2D eigenvalue weighted by molar-refractivity contribution is -0.124. The Hall–Kier alpha value is -1.62. The maximum absolute atomic E-state index is 11.7. The van der Waals surface area contributed by atoms with E-state index >= 15 is 0 Å². The molecular formula is C16H21BrN2O2. The molecule has 2 amide bonds. The second-order valence-corrected chi connectivity index (χ2v) is 6.73. The molecule has 0 saturated carbocycles. The number of benzene rings is 1. The summed E-state index contributed by atoms with van der Waals surface area (Å²) in [4.78, 5) is 23.2. The zero-order valence-electron chi connectivity index (χ0n) is 12.8. The topological polar surface area (TPSA) is 58.2 Å². The highest BCUT2D eigenvalue weighted by atomic mass is 79.9. The first-order valence-corrected chi connectivity index (χ1v) is 7.50. The highest BCUT2D eigenvalue weighted by molar-refractivity contribution is 9.10. The molecule has 0 radical (unpaired) electrons. The lowest BCUT2D eigenvalue weighted by Crippen LogP contribution is -2.45. The Bertz CT molecular complexity index is 560. The van der Waals surface area contributed by atoms with Gasteiger partial charge in [-0.05, 0) is 51.0 Å². The highest BCUT2D eigenvalue weighted by Gasteiger charge is 2.13. The largest absolute Gasteiger partial charge is 0.350 e. The van der Waals surface area contributed by atoms with Gasteiger partial charge in [-0.15, -0.1) is 0 Å². The summed E-state index contributed by atoms with van der Waals surface area (Å²) in [7, 11) is 0. The maximum atomic E-state index is 11.7. The molecule has 0 aromatic heterocycles. The second kappa shape index (κ2) is 7.41. The highest BCUT2D eigenvalue weighted by Crippen LogP contribution is 2.19. The Labute approximate surface area is 134 Å². The van der Waals surface area contributed by atoms with E-state index in [1.54, 1.807) is 6.08 Å². The van der Waals surface area contributed by atoms with Crippen LogP contribution in [0.3, 0.4) is 0 Å². The zero-order chi connectivity index (χ0) is 16.0. The van der Waals surface area contributed by atoms with E-state index in [0.717, 1.165) is 15.6 Å². The van der Waals surface area contributed by atoms with E-state index in [2.05, 4.69) is 26.6 Å². The Morgan fingerprint density at radius 1 is 1.29 bits per heavy atom. The lowest BCUT2D eigenvalue weighted by atomic mass is 10.1. The van der Waals surface area contributed by atoms with Gasteiger partial charge in [0.05, 0.1) is 6.54 Å². The number of carbonyl (C=O) groups is 2. The van der Waals surface area contributed by atoms with Crippen LogP contribution in [0.25, 0.3) is 6.08 Å². The van der Waals surface area contributed by atoms with Gasteiger partial charge in [-0.3, -0.25) is 9.59 Å². The van der Waals surface area contributed by atoms with E-state index < -0.39 is 0 Å².